The molecule has 1 atom stereocenters. The first-order valence-corrected chi connectivity index (χ1v) is 10.5. The van der Waals surface area contributed by atoms with Crippen molar-refractivity contribution >= 4 is 29.1 Å². The highest BCUT2D eigenvalue weighted by molar-refractivity contribution is 6.39. The predicted molar refractivity (Wildman–Crippen MR) is 118 cm³/mol. The molecule has 2 N–H and O–H groups in total. The number of anilines is 2. The van der Waals surface area contributed by atoms with E-state index in [1.807, 2.05) is 19.9 Å². The first-order valence-electron chi connectivity index (χ1n) is 10.5. The zero-order valence-electron chi connectivity index (χ0n) is 18.0. The van der Waals surface area contributed by atoms with Crippen LogP contribution >= 0.6 is 0 Å². The van der Waals surface area contributed by atoms with Crippen LogP contribution in [0.3, 0.4) is 0 Å². The van der Waals surface area contributed by atoms with Gasteiger partial charge in [0.05, 0.1) is 12.0 Å². The van der Waals surface area contributed by atoms with Gasteiger partial charge in [-0.25, -0.2) is 0 Å². The molecule has 1 aliphatic heterocycles. The Kier molecular flexibility index (Phi) is 6.07. The van der Waals surface area contributed by atoms with Crippen LogP contribution in [0.25, 0.3) is 0 Å². The van der Waals surface area contributed by atoms with E-state index in [0.29, 0.717) is 30.1 Å². The third-order valence-electron chi connectivity index (χ3n) is 5.36. The molecule has 0 spiro atoms. The number of nitrogens with one attached hydrogen (secondary N) is 2. The van der Waals surface area contributed by atoms with Crippen molar-refractivity contribution in [3.63, 3.8) is 0 Å². The number of hydrogen-bond donors (Lipinski definition) is 2. The van der Waals surface area contributed by atoms with Crippen molar-refractivity contribution in [1.29, 1.82) is 0 Å². The smallest absolute Gasteiger partial charge is 0.313 e. The fourth-order valence-corrected chi connectivity index (χ4v) is 3.88. The first-order chi connectivity index (χ1) is 15.4. The zero-order valence-corrected chi connectivity index (χ0v) is 18.0. The number of carbonyl (C=O) groups excluding carboxylic acids is 3. The quantitative estimate of drug-likeness (QED) is 0.579. The van der Waals surface area contributed by atoms with Gasteiger partial charge in [0, 0.05) is 36.6 Å². The molecule has 3 heterocycles. The minimum atomic E-state index is -0.790. The number of rotatable bonds is 6. The number of nitrogens with zero attached hydrogens (tertiary/aromatic N) is 3. The van der Waals surface area contributed by atoms with Gasteiger partial charge in [-0.15, -0.1) is 0 Å². The number of benzene rings is 1. The number of aryl methyl sites for hydroxylation is 2. The van der Waals surface area contributed by atoms with E-state index in [2.05, 4.69) is 15.7 Å². The van der Waals surface area contributed by atoms with E-state index in [-0.39, 0.29) is 18.5 Å². The van der Waals surface area contributed by atoms with Gasteiger partial charge in [-0.1, -0.05) is 6.07 Å². The highest BCUT2D eigenvalue weighted by atomic mass is 16.3. The number of furan rings is 1. The highest BCUT2D eigenvalue weighted by Gasteiger charge is 2.24. The zero-order chi connectivity index (χ0) is 22.7. The van der Waals surface area contributed by atoms with Gasteiger partial charge in [0.2, 0.25) is 5.91 Å². The molecule has 2 aromatic heterocycles. The molecular formula is C23H25N5O4. The molecule has 0 saturated carbocycles. The Morgan fingerprint density at radius 1 is 1.16 bits per heavy atom. The molecule has 9 heteroatoms. The lowest BCUT2D eigenvalue weighted by molar-refractivity contribution is -0.136. The number of aromatic nitrogens is 2. The van der Waals surface area contributed by atoms with E-state index < -0.39 is 11.8 Å². The van der Waals surface area contributed by atoms with E-state index in [1.54, 1.807) is 52.2 Å². The number of carbonyl (C=O) groups is 3. The largest absolute Gasteiger partial charge is 0.467 e. The molecule has 166 valence electrons. The summed E-state index contributed by atoms with van der Waals surface area (Å²) >= 11 is 0. The lowest BCUT2D eigenvalue weighted by Gasteiger charge is -2.18. The van der Waals surface area contributed by atoms with Crippen molar-refractivity contribution < 1.29 is 18.8 Å². The van der Waals surface area contributed by atoms with Crippen LogP contribution in [-0.4, -0.2) is 40.6 Å². The fourth-order valence-electron chi connectivity index (χ4n) is 3.88. The molecule has 0 aliphatic carbocycles. The monoisotopic (exact) mass is 435 g/mol. The van der Waals surface area contributed by atoms with Gasteiger partial charge in [0.1, 0.15) is 11.8 Å². The van der Waals surface area contributed by atoms with Crippen molar-refractivity contribution in [3.05, 3.63) is 65.9 Å². The van der Waals surface area contributed by atoms with Crippen LogP contribution in [-0.2, 0) is 14.4 Å². The molecule has 3 aromatic rings. The Morgan fingerprint density at radius 3 is 2.66 bits per heavy atom. The van der Waals surface area contributed by atoms with Crippen LogP contribution < -0.4 is 15.5 Å². The van der Waals surface area contributed by atoms with E-state index in [4.69, 9.17) is 4.42 Å². The Balaban J connectivity index is 1.41. The maximum Gasteiger partial charge on any atom is 0.313 e. The van der Waals surface area contributed by atoms with E-state index in [1.165, 1.54) is 0 Å². The Hall–Kier alpha value is -3.88. The molecule has 1 aromatic carbocycles. The Labute approximate surface area is 185 Å². The maximum absolute atomic E-state index is 12.5. The molecule has 1 fully saturated rings. The average molecular weight is 435 g/mol. The van der Waals surface area contributed by atoms with Crippen LogP contribution in [0, 0.1) is 13.8 Å². The summed E-state index contributed by atoms with van der Waals surface area (Å²) in [5.74, 6) is -0.883. The number of hydrogen-bond acceptors (Lipinski definition) is 5. The Morgan fingerprint density at radius 2 is 2.00 bits per heavy atom. The van der Waals surface area contributed by atoms with Gasteiger partial charge in [-0.2, -0.15) is 5.10 Å². The molecule has 0 radical (unpaired) electrons. The number of amides is 3. The van der Waals surface area contributed by atoms with Crippen LogP contribution in [0.2, 0.25) is 0 Å². The SMILES string of the molecule is Cc1cc(C)n(C(CNC(=O)C(=O)Nc2cccc(N3CCCC3=O)c2)c2ccco2)n1. The molecule has 4 rings (SSSR count). The van der Waals surface area contributed by atoms with Gasteiger partial charge >= 0.3 is 11.8 Å². The maximum atomic E-state index is 12.5. The van der Waals surface area contributed by atoms with Crippen molar-refractivity contribution in [2.24, 2.45) is 0 Å². The lowest BCUT2D eigenvalue weighted by Crippen LogP contribution is -2.39. The molecule has 1 saturated heterocycles. The molecule has 3 amide bonds. The topological polar surface area (TPSA) is 109 Å². The molecule has 9 nitrogen and oxygen atoms in total. The Bertz CT molecular complexity index is 1140. The normalized spacial score (nSPS) is 14.4. The highest BCUT2D eigenvalue weighted by Crippen LogP contribution is 2.24. The minimum absolute atomic E-state index is 0.0549. The van der Waals surface area contributed by atoms with E-state index in [9.17, 15) is 14.4 Å². The lowest BCUT2D eigenvalue weighted by atomic mass is 10.2. The second-order valence-electron chi connectivity index (χ2n) is 7.77. The van der Waals surface area contributed by atoms with Crippen molar-refractivity contribution in [3.8, 4) is 0 Å². The van der Waals surface area contributed by atoms with Gasteiger partial charge < -0.3 is 20.0 Å². The summed E-state index contributed by atoms with van der Waals surface area (Å²) < 4.78 is 7.30. The summed E-state index contributed by atoms with van der Waals surface area (Å²) in [7, 11) is 0. The minimum Gasteiger partial charge on any atom is -0.467 e. The summed E-state index contributed by atoms with van der Waals surface area (Å²) in [5.41, 5.74) is 2.91. The van der Waals surface area contributed by atoms with Gasteiger partial charge in [-0.3, -0.25) is 19.1 Å². The second-order valence-corrected chi connectivity index (χ2v) is 7.77. The third kappa shape index (κ3) is 4.56. The van der Waals surface area contributed by atoms with E-state index in [0.717, 1.165) is 17.8 Å². The van der Waals surface area contributed by atoms with Crippen LogP contribution in [0.15, 0.2) is 53.1 Å². The molecule has 1 aliphatic rings. The van der Waals surface area contributed by atoms with Crippen LogP contribution in [0.4, 0.5) is 11.4 Å². The fraction of sp³-hybridized carbons (Fsp3) is 0.304. The summed E-state index contributed by atoms with van der Waals surface area (Å²) in [4.78, 5) is 38.6. The average Bonchev–Trinajstić information content (AvgIpc) is 3.51. The molecule has 0 bridgehead atoms. The van der Waals surface area contributed by atoms with E-state index >= 15 is 0 Å². The summed E-state index contributed by atoms with van der Waals surface area (Å²) in [5, 5.41) is 9.75. The molecular weight excluding hydrogens is 410 g/mol. The summed E-state index contributed by atoms with van der Waals surface area (Å²) in [6.07, 6.45) is 2.88. The van der Waals surface area contributed by atoms with Crippen molar-refractivity contribution in [1.82, 2.24) is 15.1 Å². The summed E-state index contributed by atoms with van der Waals surface area (Å²) in [6.45, 7) is 4.59. The van der Waals surface area contributed by atoms with Gasteiger partial charge in [0.25, 0.3) is 0 Å². The van der Waals surface area contributed by atoms with Crippen LogP contribution in [0.1, 0.15) is 36.0 Å². The summed E-state index contributed by atoms with van der Waals surface area (Å²) in [6, 6.07) is 12.0. The first kappa shape index (κ1) is 21.4. The third-order valence-corrected chi connectivity index (χ3v) is 5.36. The second kappa shape index (κ2) is 9.09. The van der Waals surface area contributed by atoms with Crippen molar-refractivity contribution in [2.75, 3.05) is 23.3 Å². The van der Waals surface area contributed by atoms with Gasteiger partial charge in [0.15, 0.2) is 0 Å². The van der Waals surface area contributed by atoms with Gasteiger partial charge in [-0.05, 0) is 56.7 Å². The standard InChI is InChI=1S/C23H25N5O4/c1-15-12-16(2)28(26-15)19(20-8-5-11-32-20)14-24-22(30)23(31)25-17-6-3-7-18(13-17)27-10-4-9-21(27)29/h3,5-8,11-13,19H,4,9-10,14H2,1-2H3,(H,24,30)(H,25,31). The van der Waals surface area contributed by atoms with Crippen molar-refractivity contribution in [2.45, 2.75) is 32.7 Å². The van der Waals surface area contributed by atoms with Crippen LogP contribution in [0.5, 0.6) is 0 Å². The predicted octanol–water partition coefficient (Wildman–Crippen LogP) is 2.56. The molecule has 1 unspecified atom stereocenters. The molecule has 32 heavy (non-hydrogen) atoms.